The van der Waals surface area contributed by atoms with Crippen molar-refractivity contribution in [1.82, 2.24) is 4.90 Å². The Morgan fingerprint density at radius 2 is 2.11 bits per heavy atom. The van der Waals surface area contributed by atoms with Gasteiger partial charge in [-0.25, -0.2) is 0 Å². The molecule has 1 atom stereocenters. The fraction of sp³-hybridized carbons (Fsp3) is 0.647. The smallest absolute Gasteiger partial charge is 0.0215 e. The zero-order valence-corrected chi connectivity index (χ0v) is 13.4. The molecule has 0 spiro atoms. The van der Waals surface area contributed by atoms with Gasteiger partial charge >= 0.3 is 0 Å². The van der Waals surface area contributed by atoms with Crippen molar-refractivity contribution in [2.24, 2.45) is 5.92 Å². The van der Waals surface area contributed by atoms with Gasteiger partial charge in [0.1, 0.15) is 0 Å². The van der Waals surface area contributed by atoms with E-state index in [1.54, 1.807) is 0 Å². The van der Waals surface area contributed by atoms with Gasteiger partial charge in [0.2, 0.25) is 0 Å². The lowest BCUT2D eigenvalue weighted by Crippen LogP contribution is -2.38. The molecular weight excluding hydrogens is 250 g/mol. The van der Waals surface area contributed by atoms with Crippen molar-refractivity contribution in [3.05, 3.63) is 35.4 Å². The molecular formula is C17H27NS. The van der Waals surface area contributed by atoms with Crippen LogP contribution in [-0.4, -0.2) is 35.5 Å². The van der Waals surface area contributed by atoms with Crippen molar-refractivity contribution in [2.45, 2.75) is 38.9 Å². The predicted octanol–water partition coefficient (Wildman–Crippen LogP) is 3.86. The summed E-state index contributed by atoms with van der Waals surface area (Å²) in [6.45, 7) is 10.6. The Kier molecular flexibility index (Phi) is 5.77. The normalized spacial score (nSPS) is 20.9. The number of thioether (sulfide) groups is 1. The van der Waals surface area contributed by atoms with Gasteiger partial charge in [-0.1, -0.05) is 45.0 Å². The lowest BCUT2D eigenvalue weighted by molar-refractivity contribution is 0.297. The minimum Gasteiger partial charge on any atom is -0.302 e. The molecule has 1 fully saturated rings. The largest absolute Gasteiger partial charge is 0.302 e. The van der Waals surface area contributed by atoms with E-state index in [1.165, 1.54) is 49.4 Å². The third-order valence-electron chi connectivity index (χ3n) is 3.77. The second kappa shape index (κ2) is 7.35. The van der Waals surface area contributed by atoms with E-state index in [1.807, 2.05) is 0 Å². The molecule has 0 bridgehead atoms. The van der Waals surface area contributed by atoms with E-state index in [0.717, 1.165) is 11.2 Å². The molecule has 19 heavy (non-hydrogen) atoms. The van der Waals surface area contributed by atoms with Crippen LogP contribution in [-0.2, 0) is 12.8 Å². The fourth-order valence-corrected chi connectivity index (χ4v) is 4.13. The maximum Gasteiger partial charge on any atom is 0.0215 e. The summed E-state index contributed by atoms with van der Waals surface area (Å²) in [5, 5.41) is 0.781. The summed E-state index contributed by atoms with van der Waals surface area (Å²) >= 11 is 2.16. The lowest BCUT2D eigenvalue weighted by atomic mass is 9.99. The average Bonchev–Trinajstić information content (AvgIpc) is 2.38. The predicted molar refractivity (Wildman–Crippen MR) is 87.0 cm³/mol. The summed E-state index contributed by atoms with van der Waals surface area (Å²) in [4.78, 5) is 2.58. The van der Waals surface area contributed by atoms with Gasteiger partial charge in [-0.15, -0.1) is 0 Å². The summed E-state index contributed by atoms with van der Waals surface area (Å²) in [6, 6.07) is 9.23. The third kappa shape index (κ3) is 4.85. The first-order valence-corrected chi connectivity index (χ1v) is 8.64. The first-order valence-electron chi connectivity index (χ1n) is 7.59. The first-order chi connectivity index (χ1) is 9.17. The first kappa shape index (κ1) is 14.9. The van der Waals surface area contributed by atoms with Crippen molar-refractivity contribution < 1.29 is 0 Å². The molecule has 0 aliphatic carbocycles. The Morgan fingerprint density at radius 1 is 1.32 bits per heavy atom. The van der Waals surface area contributed by atoms with Crippen LogP contribution in [0.5, 0.6) is 0 Å². The molecule has 1 saturated heterocycles. The van der Waals surface area contributed by atoms with Gasteiger partial charge < -0.3 is 4.90 Å². The van der Waals surface area contributed by atoms with E-state index in [4.69, 9.17) is 0 Å². The SMILES string of the molecule is CCN1CCSC(Cc2cccc(CC(C)C)c2)C1. The molecule has 0 radical (unpaired) electrons. The molecule has 106 valence electrons. The highest BCUT2D eigenvalue weighted by Gasteiger charge is 2.19. The van der Waals surface area contributed by atoms with Crippen LogP contribution in [0.2, 0.25) is 0 Å². The van der Waals surface area contributed by atoms with E-state index in [0.29, 0.717) is 0 Å². The fourth-order valence-electron chi connectivity index (χ4n) is 2.81. The molecule has 0 N–H and O–H groups in total. The maximum atomic E-state index is 2.58. The van der Waals surface area contributed by atoms with Crippen molar-refractivity contribution in [3.63, 3.8) is 0 Å². The Balaban J connectivity index is 1.94. The highest BCUT2D eigenvalue weighted by Crippen LogP contribution is 2.23. The molecule has 1 aliphatic heterocycles. The van der Waals surface area contributed by atoms with Crippen molar-refractivity contribution >= 4 is 11.8 Å². The Hall–Kier alpha value is -0.470. The molecule has 1 heterocycles. The molecule has 1 aliphatic rings. The van der Waals surface area contributed by atoms with Gasteiger partial charge in [0.05, 0.1) is 0 Å². The Bertz CT molecular complexity index is 389. The topological polar surface area (TPSA) is 3.24 Å². The number of nitrogens with zero attached hydrogens (tertiary/aromatic N) is 1. The standard InChI is InChI=1S/C17H27NS/c1-4-18-8-9-19-17(13-18)12-16-7-5-6-15(11-16)10-14(2)3/h5-7,11,14,17H,4,8-10,12-13H2,1-3H3. The molecule has 0 amide bonds. The van der Waals surface area contributed by atoms with E-state index in [9.17, 15) is 0 Å². The highest BCUT2D eigenvalue weighted by molar-refractivity contribution is 8.00. The monoisotopic (exact) mass is 277 g/mol. The van der Waals surface area contributed by atoms with Crippen molar-refractivity contribution in [1.29, 1.82) is 0 Å². The van der Waals surface area contributed by atoms with Gasteiger partial charge in [-0.3, -0.25) is 0 Å². The minimum absolute atomic E-state index is 0.745. The van der Waals surface area contributed by atoms with Crippen LogP contribution >= 0.6 is 11.8 Å². The van der Waals surface area contributed by atoms with Gasteiger partial charge in [0.25, 0.3) is 0 Å². The number of benzene rings is 1. The van der Waals surface area contributed by atoms with Crippen LogP contribution in [0, 0.1) is 5.92 Å². The molecule has 1 unspecified atom stereocenters. The highest BCUT2D eigenvalue weighted by atomic mass is 32.2. The van der Waals surface area contributed by atoms with Gasteiger partial charge in [-0.05, 0) is 36.4 Å². The molecule has 2 rings (SSSR count). The summed E-state index contributed by atoms with van der Waals surface area (Å²) in [7, 11) is 0. The summed E-state index contributed by atoms with van der Waals surface area (Å²) in [5.41, 5.74) is 3.02. The van der Waals surface area contributed by atoms with E-state index >= 15 is 0 Å². The minimum atomic E-state index is 0.745. The Morgan fingerprint density at radius 3 is 2.84 bits per heavy atom. The molecule has 1 aromatic rings. The van der Waals surface area contributed by atoms with E-state index < -0.39 is 0 Å². The van der Waals surface area contributed by atoms with Crippen LogP contribution in [0.4, 0.5) is 0 Å². The Labute approximate surface area is 122 Å². The van der Waals surface area contributed by atoms with Gasteiger partial charge in [0.15, 0.2) is 0 Å². The second-order valence-electron chi connectivity index (χ2n) is 6.01. The van der Waals surface area contributed by atoms with Crippen LogP contribution in [0.15, 0.2) is 24.3 Å². The summed E-state index contributed by atoms with van der Waals surface area (Å²) < 4.78 is 0. The summed E-state index contributed by atoms with van der Waals surface area (Å²) in [5.74, 6) is 2.04. The number of hydrogen-bond acceptors (Lipinski definition) is 2. The van der Waals surface area contributed by atoms with Crippen molar-refractivity contribution in [3.8, 4) is 0 Å². The quantitative estimate of drug-likeness (QED) is 0.804. The molecule has 0 aromatic heterocycles. The van der Waals surface area contributed by atoms with Crippen LogP contribution in [0.1, 0.15) is 31.9 Å². The van der Waals surface area contributed by atoms with Crippen LogP contribution < -0.4 is 0 Å². The van der Waals surface area contributed by atoms with Crippen molar-refractivity contribution in [2.75, 3.05) is 25.4 Å². The molecule has 1 nitrogen and oxygen atoms in total. The molecule has 0 saturated carbocycles. The number of hydrogen-bond donors (Lipinski definition) is 0. The number of rotatable bonds is 5. The van der Waals surface area contributed by atoms with Crippen LogP contribution in [0.25, 0.3) is 0 Å². The van der Waals surface area contributed by atoms with Gasteiger partial charge in [0, 0.05) is 24.1 Å². The third-order valence-corrected chi connectivity index (χ3v) is 4.97. The van der Waals surface area contributed by atoms with E-state index in [2.05, 4.69) is 61.7 Å². The zero-order chi connectivity index (χ0) is 13.7. The second-order valence-corrected chi connectivity index (χ2v) is 7.42. The zero-order valence-electron chi connectivity index (χ0n) is 12.6. The lowest BCUT2D eigenvalue weighted by Gasteiger charge is -2.31. The molecule has 2 heteroatoms. The average molecular weight is 277 g/mol. The summed E-state index contributed by atoms with van der Waals surface area (Å²) in [6.07, 6.45) is 2.43. The van der Waals surface area contributed by atoms with E-state index in [-0.39, 0.29) is 0 Å². The van der Waals surface area contributed by atoms with Crippen LogP contribution in [0.3, 0.4) is 0 Å². The van der Waals surface area contributed by atoms with Gasteiger partial charge in [-0.2, -0.15) is 11.8 Å². The maximum absolute atomic E-state index is 2.58. The molecule has 1 aromatic carbocycles.